The molecule has 0 amide bonds. The molecule has 0 spiro atoms. The van der Waals surface area contributed by atoms with Crippen LogP contribution in [0.1, 0.15) is 284 Å². The zero-order valence-electron chi connectivity index (χ0n) is 57.2. The number of carbonyl (C=O) groups is 2. The second-order valence-electron chi connectivity index (χ2n) is 24.5. The molecule has 0 aliphatic carbocycles. The maximum absolute atomic E-state index is 12.9. The Labute approximate surface area is 542 Å². The van der Waals surface area contributed by atoms with Crippen molar-refractivity contribution in [3.63, 3.8) is 0 Å². The fourth-order valence-corrected chi connectivity index (χ4v) is 10.2. The third-order valence-corrected chi connectivity index (χ3v) is 15.8. The van der Waals surface area contributed by atoms with Gasteiger partial charge in [-0.2, -0.15) is 0 Å². The summed E-state index contributed by atoms with van der Waals surface area (Å²) in [5.41, 5.74) is 0. The van der Waals surface area contributed by atoms with Gasteiger partial charge in [0.05, 0.1) is 27.7 Å². The van der Waals surface area contributed by atoms with Crippen LogP contribution in [0.5, 0.6) is 0 Å². The molecule has 88 heavy (non-hydrogen) atoms. The van der Waals surface area contributed by atoms with E-state index in [1.807, 2.05) is 21.1 Å². The number of quaternary nitrogens is 1. The van der Waals surface area contributed by atoms with Crippen molar-refractivity contribution in [3.8, 4) is 0 Å². The molecule has 1 N–H and O–H groups in total. The van der Waals surface area contributed by atoms with E-state index in [1.54, 1.807) is 0 Å². The van der Waals surface area contributed by atoms with Crippen LogP contribution in [0.4, 0.5) is 0 Å². The summed E-state index contributed by atoms with van der Waals surface area (Å²) >= 11 is 0. The highest BCUT2D eigenvalue weighted by molar-refractivity contribution is 7.47. The van der Waals surface area contributed by atoms with E-state index in [2.05, 4.69) is 160 Å². The summed E-state index contributed by atoms with van der Waals surface area (Å²) in [6.45, 7) is 4.20. The average Bonchev–Trinajstić information content (AvgIpc) is 3.68. The van der Waals surface area contributed by atoms with Crippen LogP contribution in [0.25, 0.3) is 0 Å². The van der Waals surface area contributed by atoms with Crippen molar-refractivity contribution < 1.29 is 42.1 Å². The van der Waals surface area contributed by atoms with E-state index >= 15 is 0 Å². The summed E-state index contributed by atoms with van der Waals surface area (Å²) in [6.07, 6.45) is 99.5. The van der Waals surface area contributed by atoms with E-state index in [4.69, 9.17) is 18.5 Å². The number of nitrogens with zero attached hydrogens (tertiary/aromatic N) is 1. The topological polar surface area (TPSA) is 108 Å². The van der Waals surface area contributed by atoms with Crippen LogP contribution in [0.3, 0.4) is 0 Å². The summed E-state index contributed by atoms with van der Waals surface area (Å²) in [4.78, 5) is 35.9. The van der Waals surface area contributed by atoms with Crippen LogP contribution >= 0.6 is 7.82 Å². The largest absolute Gasteiger partial charge is 0.472 e. The van der Waals surface area contributed by atoms with Gasteiger partial charge in [-0.3, -0.25) is 18.6 Å². The summed E-state index contributed by atoms with van der Waals surface area (Å²) < 4.78 is 34.7. The molecule has 2 atom stereocenters. The first kappa shape index (κ1) is 83.9. The third-order valence-electron chi connectivity index (χ3n) is 14.9. The van der Waals surface area contributed by atoms with Crippen LogP contribution in [-0.4, -0.2) is 74.9 Å². The summed E-state index contributed by atoms with van der Waals surface area (Å²) in [5.74, 6) is -0.815. The highest BCUT2D eigenvalue weighted by atomic mass is 31.2. The molecule has 9 nitrogen and oxygen atoms in total. The Hall–Kier alpha value is -4.11. The number of hydrogen-bond acceptors (Lipinski definition) is 7. The number of hydrogen-bond donors (Lipinski definition) is 1. The molecule has 0 saturated carbocycles. The van der Waals surface area contributed by atoms with Gasteiger partial charge in [0.25, 0.3) is 0 Å². The lowest BCUT2D eigenvalue weighted by atomic mass is 10.0. The number of esters is 2. The van der Waals surface area contributed by atoms with Crippen molar-refractivity contribution in [2.75, 3.05) is 47.5 Å². The van der Waals surface area contributed by atoms with E-state index in [0.717, 1.165) is 135 Å². The Morgan fingerprint density at radius 1 is 0.352 bits per heavy atom. The van der Waals surface area contributed by atoms with Crippen molar-refractivity contribution >= 4 is 19.8 Å². The monoisotopic (exact) mass is 1240 g/mol. The van der Waals surface area contributed by atoms with E-state index < -0.39 is 26.5 Å². The van der Waals surface area contributed by atoms with Crippen LogP contribution in [0.15, 0.2) is 146 Å². The Bertz CT molecular complexity index is 2000. The van der Waals surface area contributed by atoms with Crippen molar-refractivity contribution in [3.05, 3.63) is 146 Å². The van der Waals surface area contributed by atoms with Gasteiger partial charge in [0.2, 0.25) is 0 Å². The van der Waals surface area contributed by atoms with Gasteiger partial charge in [-0.25, -0.2) is 4.57 Å². The summed E-state index contributed by atoms with van der Waals surface area (Å²) in [7, 11) is 1.46. The molecule has 0 aliphatic rings. The molecule has 0 fully saturated rings. The van der Waals surface area contributed by atoms with Crippen molar-refractivity contribution in [1.29, 1.82) is 0 Å². The number of ether oxygens (including phenoxy) is 2. The number of likely N-dealkylation sites (N-methyl/N-ethyl adjacent to an activating group) is 1. The zero-order chi connectivity index (χ0) is 64.1. The molecule has 0 bridgehead atoms. The Balaban J connectivity index is 4.09. The molecule has 0 aromatic heterocycles. The average molecular weight is 1240 g/mol. The molecule has 0 radical (unpaired) electrons. The first-order valence-electron chi connectivity index (χ1n) is 35.6. The smallest absolute Gasteiger partial charge is 0.462 e. The van der Waals surface area contributed by atoms with Gasteiger partial charge in [0, 0.05) is 12.8 Å². The zero-order valence-corrected chi connectivity index (χ0v) is 58.1. The molecule has 0 saturated heterocycles. The molecule has 0 heterocycles. The van der Waals surface area contributed by atoms with Crippen LogP contribution in [-0.2, 0) is 32.7 Å². The number of unbranched alkanes of at least 4 members (excludes halogenated alkanes) is 26. The predicted molar refractivity (Wildman–Crippen MR) is 380 cm³/mol. The van der Waals surface area contributed by atoms with Gasteiger partial charge in [-0.1, -0.05) is 301 Å². The van der Waals surface area contributed by atoms with E-state index in [9.17, 15) is 19.0 Å². The highest BCUT2D eigenvalue weighted by Gasteiger charge is 2.27. The van der Waals surface area contributed by atoms with E-state index in [1.165, 1.54) is 116 Å². The predicted octanol–water partition coefficient (Wildman–Crippen LogP) is 23.4. The normalized spacial score (nSPS) is 14.0. The van der Waals surface area contributed by atoms with Crippen LogP contribution in [0, 0.1) is 0 Å². The van der Waals surface area contributed by atoms with Gasteiger partial charge in [-0.15, -0.1) is 0 Å². The van der Waals surface area contributed by atoms with Crippen LogP contribution in [0.2, 0.25) is 0 Å². The summed E-state index contributed by atoms with van der Waals surface area (Å²) in [5, 5.41) is 0. The second-order valence-corrected chi connectivity index (χ2v) is 26.0. The molecule has 0 aliphatic heterocycles. The molecular weight excluding hydrogens is 1110 g/mol. The maximum Gasteiger partial charge on any atom is 0.472 e. The first-order valence-corrected chi connectivity index (χ1v) is 37.1. The van der Waals surface area contributed by atoms with Gasteiger partial charge in [-0.05, 0) is 116 Å². The SMILES string of the molecule is CC/C=C\C/C=C\C/C=C\C/C=C\C/C=C\C/C=C\C/C=C\C/C=C\CCCCCCCCC(=O)OC(COC(=O)CCCCCCCCCCCCCCCCCCCCCC/C=C\C/C=C\C/C=C\C/C=C\CC)COP(=O)(O)OCC[N+](C)(C)C. The number of carbonyl (C=O) groups excluding carboxylic acids is 2. The molecule has 0 aromatic carbocycles. The summed E-state index contributed by atoms with van der Waals surface area (Å²) in [6, 6.07) is 0. The molecule has 2 unspecified atom stereocenters. The lowest BCUT2D eigenvalue weighted by molar-refractivity contribution is -0.870. The van der Waals surface area contributed by atoms with Crippen LogP contribution < -0.4 is 0 Å². The van der Waals surface area contributed by atoms with Gasteiger partial charge < -0.3 is 18.9 Å². The van der Waals surface area contributed by atoms with E-state index in [-0.39, 0.29) is 32.0 Å². The molecule has 502 valence electrons. The third kappa shape index (κ3) is 71.0. The van der Waals surface area contributed by atoms with Crippen molar-refractivity contribution in [2.45, 2.75) is 290 Å². The highest BCUT2D eigenvalue weighted by Crippen LogP contribution is 2.43. The molecule has 0 aromatic rings. The first-order chi connectivity index (χ1) is 43.0. The van der Waals surface area contributed by atoms with Gasteiger partial charge >= 0.3 is 19.8 Å². The quantitative estimate of drug-likeness (QED) is 0.0211. The fraction of sp³-hybridized carbons (Fsp3) is 0.667. The minimum atomic E-state index is -4.41. The van der Waals surface area contributed by atoms with Crippen molar-refractivity contribution in [1.82, 2.24) is 0 Å². The second kappa shape index (κ2) is 67.3. The lowest BCUT2D eigenvalue weighted by Gasteiger charge is -2.24. The number of rotatable bonds is 64. The minimum absolute atomic E-state index is 0.0224. The maximum atomic E-state index is 12.9. The van der Waals surface area contributed by atoms with Crippen molar-refractivity contribution in [2.24, 2.45) is 0 Å². The number of phosphoric acid groups is 1. The fourth-order valence-electron chi connectivity index (χ4n) is 9.50. The number of phosphoric ester groups is 1. The standard InChI is InChI=1S/C78H132NO8P/c1-6-8-10-12-14-16-18-20-22-24-26-28-30-32-34-36-38-39-41-42-44-46-48-50-52-54-56-58-60-62-64-66-68-70-77(80)84-74-76(75-86-88(82,83)85-73-72-79(3,4)5)87-78(81)71-69-67-65-63-61-59-57-55-53-51-49-47-45-43-40-37-35-33-31-29-27-25-23-21-19-17-15-13-11-9-7-2/h8-11,14-17,20-23,26-29,33,35,40,43,47,49,53,55,76H,6-7,12-13,18-19,24-25,30-32,34,36-39,41-42,44-46,48,50-52,54,56-75H2,1-5H3/p+1/b10-8-,11-9-,16-14-,17-15-,22-20-,23-21-,28-26-,29-27-,35-33-,43-40-,49-47-,55-53-. The van der Waals surface area contributed by atoms with Gasteiger partial charge in [0.15, 0.2) is 6.10 Å². The van der Waals surface area contributed by atoms with Gasteiger partial charge in [0.1, 0.15) is 19.8 Å². The lowest BCUT2D eigenvalue weighted by Crippen LogP contribution is -2.37. The Morgan fingerprint density at radius 2 is 0.614 bits per heavy atom. The molecule has 10 heteroatoms. The Morgan fingerprint density at radius 3 is 0.909 bits per heavy atom. The Kier molecular flexibility index (Phi) is 64.1. The number of allylic oxidation sites excluding steroid dienone is 24. The minimum Gasteiger partial charge on any atom is -0.462 e. The van der Waals surface area contributed by atoms with E-state index in [0.29, 0.717) is 17.4 Å². The molecular formula is C78H133NO8P+. The molecule has 0 rings (SSSR count).